The molecule has 3 rings (SSSR count). The molecule has 0 unspecified atom stereocenters. The molecule has 1 aromatic heterocycles. The van der Waals surface area contributed by atoms with Crippen molar-refractivity contribution < 1.29 is 18.0 Å². The van der Waals surface area contributed by atoms with Crippen molar-refractivity contribution in [2.45, 2.75) is 6.18 Å². The van der Waals surface area contributed by atoms with E-state index in [2.05, 4.69) is 0 Å². The standard InChI is InChI=1S/C16H15F3N2OS/c17-16(18,19)12-3-5-13(6-4-12)20-7-9-21(10-8-20)15(22)14-2-1-11-23-14/h1-6,11H,7-10H2. The maximum absolute atomic E-state index is 12.6. The van der Waals surface area contributed by atoms with E-state index in [-0.39, 0.29) is 5.91 Å². The molecule has 1 aliphatic rings. The van der Waals surface area contributed by atoms with Crippen LogP contribution >= 0.6 is 11.3 Å². The summed E-state index contributed by atoms with van der Waals surface area (Å²) in [7, 11) is 0. The number of anilines is 1. The van der Waals surface area contributed by atoms with Gasteiger partial charge in [0.05, 0.1) is 10.4 Å². The SMILES string of the molecule is O=C(c1cccs1)N1CCN(c2ccc(C(F)(F)F)cc2)CC1. The molecule has 1 saturated heterocycles. The van der Waals surface area contributed by atoms with E-state index in [1.54, 1.807) is 11.0 Å². The lowest BCUT2D eigenvalue weighted by Crippen LogP contribution is -2.48. The number of carbonyl (C=O) groups is 1. The summed E-state index contributed by atoms with van der Waals surface area (Å²) in [6.45, 7) is 2.36. The summed E-state index contributed by atoms with van der Waals surface area (Å²) in [5, 5.41) is 1.87. The Morgan fingerprint density at radius 2 is 1.65 bits per heavy atom. The highest BCUT2D eigenvalue weighted by atomic mass is 32.1. The molecule has 2 aromatic rings. The number of alkyl halides is 3. The Labute approximate surface area is 135 Å². The van der Waals surface area contributed by atoms with E-state index in [0.29, 0.717) is 31.1 Å². The van der Waals surface area contributed by atoms with Crippen LogP contribution in [-0.2, 0) is 6.18 Å². The third kappa shape index (κ3) is 3.50. The number of benzene rings is 1. The van der Waals surface area contributed by atoms with Gasteiger partial charge in [0.15, 0.2) is 0 Å². The minimum atomic E-state index is -4.32. The zero-order valence-corrected chi connectivity index (χ0v) is 13.0. The number of rotatable bonds is 2. The van der Waals surface area contributed by atoms with Crippen molar-refractivity contribution in [2.75, 3.05) is 31.1 Å². The Bertz CT molecular complexity index is 660. The summed E-state index contributed by atoms with van der Waals surface area (Å²) < 4.78 is 37.7. The smallest absolute Gasteiger partial charge is 0.368 e. The minimum Gasteiger partial charge on any atom is -0.368 e. The topological polar surface area (TPSA) is 23.6 Å². The maximum Gasteiger partial charge on any atom is 0.416 e. The summed E-state index contributed by atoms with van der Waals surface area (Å²) in [6.07, 6.45) is -4.32. The molecular formula is C16H15F3N2OS. The fourth-order valence-corrected chi connectivity index (χ4v) is 3.28. The number of piperazine rings is 1. The van der Waals surface area contributed by atoms with Crippen LogP contribution in [0.15, 0.2) is 41.8 Å². The molecule has 0 aliphatic carbocycles. The van der Waals surface area contributed by atoms with Crippen LogP contribution in [0.5, 0.6) is 0 Å². The van der Waals surface area contributed by atoms with Crippen molar-refractivity contribution >= 4 is 22.9 Å². The highest BCUT2D eigenvalue weighted by Crippen LogP contribution is 2.30. The number of thiophene rings is 1. The second kappa shape index (κ2) is 6.23. The first-order valence-electron chi connectivity index (χ1n) is 7.20. The van der Waals surface area contributed by atoms with Crippen LogP contribution in [0.1, 0.15) is 15.2 Å². The Balaban J connectivity index is 1.62. The van der Waals surface area contributed by atoms with E-state index in [4.69, 9.17) is 0 Å². The molecule has 1 amide bonds. The van der Waals surface area contributed by atoms with E-state index in [1.807, 2.05) is 16.3 Å². The Hall–Kier alpha value is -2.02. The highest BCUT2D eigenvalue weighted by Gasteiger charge is 2.30. The van der Waals surface area contributed by atoms with E-state index < -0.39 is 11.7 Å². The van der Waals surface area contributed by atoms with Gasteiger partial charge in [0.1, 0.15) is 0 Å². The van der Waals surface area contributed by atoms with Crippen LogP contribution in [0, 0.1) is 0 Å². The Morgan fingerprint density at radius 3 is 2.17 bits per heavy atom. The lowest BCUT2D eigenvalue weighted by atomic mass is 10.1. The largest absolute Gasteiger partial charge is 0.416 e. The van der Waals surface area contributed by atoms with Gasteiger partial charge in [0.2, 0.25) is 0 Å². The van der Waals surface area contributed by atoms with Gasteiger partial charge in [-0.3, -0.25) is 4.79 Å². The van der Waals surface area contributed by atoms with Gasteiger partial charge in [-0.2, -0.15) is 13.2 Å². The molecule has 0 saturated carbocycles. The van der Waals surface area contributed by atoms with Crippen LogP contribution < -0.4 is 4.90 Å². The van der Waals surface area contributed by atoms with E-state index in [1.165, 1.54) is 23.5 Å². The second-order valence-corrected chi connectivity index (χ2v) is 6.25. The van der Waals surface area contributed by atoms with E-state index >= 15 is 0 Å². The predicted octanol–water partition coefficient (Wildman–Crippen LogP) is 3.73. The van der Waals surface area contributed by atoms with Gasteiger partial charge in [0.25, 0.3) is 5.91 Å². The quantitative estimate of drug-likeness (QED) is 0.832. The lowest BCUT2D eigenvalue weighted by Gasteiger charge is -2.36. The normalized spacial score (nSPS) is 15.8. The molecule has 1 aliphatic heterocycles. The Kier molecular flexibility index (Phi) is 4.30. The number of hydrogen-bond acceptors (Lipinski definition) is 3. The molecule has 23 heavy (non-hydrogen) atoms. The zero-order chi connectivity index (χ0) is 16.4. The predicted molar refractivity (Wildman–Crippen MR) is 83.9 cm³/mol. The third-order valence-corrected chi connectivity index (χ3v) is 4.72. The van der Waals surface area contributed by atoms with Crippen LogP contribution in [0.4, 0.5) is 18.9 Å². The first kappa shape index (κ1) is 15.9. The fraction of sp³-hybridized carbons (Fsp3) is 0.312. The van der Waals surface area contributed by atoms with Crippen molar-refractivity contribution in [1.82, 2.24) is 4.90 Å². The van der Waals surface area contributed by atoms with Crippen LogP contribution in [0.3, 0.4) is 0 Å². The lowest BCUT2D eigenvalue weighted by molar-refractivity contribution is -0.137. The van der Waals surface area contributed by atoms with Crippen molar-refractivity contribution in [1.29, 1.82) is 0 Å². The van der Waals surface area contributed by atoms with Gasteiger partial charge in [0, 0.05) is 31.9 Å². The molecule has 3 nitrogen and oxygen atoms in total. The zero-order valence-electron chi connectivity index (χ0n) is 12.2. The van der Waals surface area contributed by atoms with Crippen LogP contribution in [0.2, 0.25) is 0 Å². The first-order valence-corrected chi connectivity index (χ1v) is 8.08. The average molecular weight is 340 g/mol. The molecular weight excluding hydrogens is 325 g/mol. The summed E-state index contributed by atoms with van der Waals surface area (Å²) in [5.74, 6) is 0.0204. The highest BCUT2D eigenvalue weighted by molar-refractivity contribution is 7.12. The van der Waals surface area contributed by atoms with Gasteiger partial charge < -0.3 is 9.80 Å². The summed E-state index contributed by atoms with van der Waals surface area (Å²) in [6, 6.07) is 8.81. The average Bonchev–Trinajstić information content (AvgIpc) is 3.08. The van der Waals surface area contributed by atoms with Crippen molar-refractivity contribution in [3.05, 3.63) is 52.2 Å². The van der Waals surface area contributed by atoms with E-state index in [9.17, 15) is 18.0 Å². The maximum atomic E-state index is 12.6. The molecule has 0 bridgehead atoms. The van der Waals surface area contributed by atoms with Gasteiger partial charge in [-0.05, 0) is 35.7 Å². The number of nitrogens with zero attached hydrogens (tertiary/aromatic N) is 2. The number of carbonyl (C=O) groups excluding carboxylic acids is 1. The van der Waals surface area contributed by atoms with Crippen molar-refractivity contribution in [3.63, 3.8) is 0 Å². The third-order valence-electron chi connectivity index (χ3n) is 3.86. The molecule has 0 N–H and O–H groups in total. The molecule has 1 fully saturated rings. The minimum absolute atomic E-state index is 0.0204. The molecule has 0 spiro atoms. The monoisotopic (exact) mass is 340 g/mol. The van der Waals surface area contributed by atoms with Gasteiger partial charge >= 0.3 is 6.18 Å². The van der Waals surface area contributed by atoms with Crippen molar-refractivity contribution in [2.24, 2.45) is 0 Å². The van der Waals surface area contributed by atoms with Crippen LogP contribution in [-0.4, -0.2) is 37.0 Å². The Morgan fingerprint density at radius 1 is 1.00 bits per heavy atom. The molecule has 2 heterocycles. The number of halogens is 3. The molecule has 7 heteroatoms. The summed E-state index contributed by atoms with van der Waals surface area (Å²) in [5.41, 5.74) is 0.106. The van der Waals surface area contributed by atoms with E-state index in [0.717, 1.165) is 17.8 Å². The first-order chi connectivity index (χ1) is 10.9. The fourth-order valence-electron chi connectivity index (χ4n) is 2.59. The summed E-state index contributed by atoms with van der Waals surface area (Å²) >= 11 is 1.41. The van der Waals surface area contributed by atoms with Crippen LogP contribution in [0.25, 0.3) is 0 Å². The second-order valence-electron chi connectivity index (χ2n) is 5.30. The number of hydrogen-bond donors (Lipinski definition) is 0. The molecule has 0 radical (unpaired) electrons. The van der Waals surface area contributed by atoms with Gasteiger partial charge in [-0.1, -0.05) is 6.07 Å². The molecule has 122 valence electrons. The van der Waals surface area contributed by atoms with Crippen molar-refractivity contribution in [3.8, 4) is 0 Å². The summed E-state index contributed by atoms with van der Waals surface area (Å²) in [4.78, 5) is 16.8. The van der Waals surface area contributed by atoms with Gasteiger partial charge in [-0.15, -0.1) is 11.3 Å². The molecule has 1 aromatic carbocycles. The number of amides is 1. The molecule has 0 atom stereocenters. The van der Waals surface area contributed by atoms with Gasteiger partial charge in [-0.25, -0.2) is 0 Å².